The number of rotatable bonds is 7. The maximum atomic E-state index is 11.7. The summed E-state index contributed by atoms with van der Waals surface area (Å²) in [4.78, 5) is 20.7. The molecule has 10 nitrogen and oxygen atoms in total. The molecule has 2 fully saturated rings. The van der Waals surface area contributed by atoms with Crippen molar-refractivity contribution in [3.63, 3.8) is 0 Å². The van der Waals surface area contributed by atoms with E-state index in [0.717, 1.165) is 46.9 Å². The minimum Gasteiger partial charge on any atom is -0.367 e. The molecular weight excluding hydrogens is 430 g/mol. The molecule has 3 N–H and O–H groups in total. The number of hydrogen-bond acceptors (Lipinski definition) is 7. The first-order valence-electron chi connectivity index (χ1n) is 11.2. The molecule has 4 heterocycles. The minimum atomic E-state index is -0.0508. The Morgan fingerprint density at radius 1 is 1.24 bits per heavy atom. The van der Waals surface area contributed by atoms with E-state index in [4.69, 9.17) is 4.98 Å². The van der Waals surface area contributed by atoms with Gasteiger partial charge in [-0.15, -0.1) is 0 Å². The average Bonchev–Trinajstić information content (AvgIpc) is 3.20. The summed E-state index contributed by atoms with van der Waals surface area (Å²) in [6, 6.07) is 10.5. The highest BCUT2D eigenvalue weighted by molar-refractivity contribution is 5.89. The average molecular weight is 454 g/mol. The molecule has 3 aromatic heterocycles. The number of nitrogens with one attached hydrogen (secondary N) is 3. The molecule has 1 saturated heterocycles. The van der Waals surface area contributed by atoms with E-state index in [2.05, 4.69) is 43.8 Å². The summed E-state index contributed by atoms with van der Waals surface area (Å²) < 4.78 is 3.56. The molecule has 1 amide bonds. The van der Waals surface area contributed by atoms with Crippen LogP contribution in [0.25, 0.3) is 17.4 Å². The molecule has 1 aromatic carbocycles. The zero-order valence-corrected chi connectivity index (χ0v) is 18.4. The topological polar surface area (TPSA) is 114 Å². The lowest BCUT2D eigenvalue weighted by Gasteiger charge is -2.13. The molecule has 0 bridgehead atoms. The highest BCUT2D eigenvalue weighted by Gasteiger charge is 2.24. The molecule has 4 aromatic rings. The Kier molecular flexibility index (Phi) is 4.83. The number of anilines is 2. The summed E-state index contributed by atoms with van der Waals surface area (Å²) in [7, 11) is 0. The van der Waals surface area contributed by atoms with Crippen molar-refractivity contribution in [1.82, 2.24) is 34.7 Å². The van der Waals surface area contributed by atoms with Crippen molar-refractivity contribution in [2.45, 2.75) is 31.8 Å². The van der Waals surface area contributed by atoms with Crippen LogP contribution in [-0.4, -0.2) is 41.3 Å². The van der Waals surface area contributed by atoms with Gasteiger partial charge in [0.1, 0.15) is 24.3 Å². The number of aromatic nitrogens is 6. The highest BCUT2D eigenvalue weighted by atomic mass is 16.1. The van der Waals surface area contributed by atoms with Gasteiger partial charge >= 0.3 is 0 Å². The number of para-hydroxylation sites is 1. The largest absolute Gasteiger partial charge is 0.367 e. The van der Waals surface area contributed by atoms with Crippen LogP contribution in [0.1, 0.15) is 30.4 Å². The van der Waals surface area contributed by atoms with E-state index >= 15 is 0 Å². The van der Waals surface area contributed by atoms with Gasteiger partial charge in [-0.1, -0.05) is 24.8 Å². The molecule has 6 rings (SSSR count). The first-order chi connectivity index (χ1) is 16.6. The smallest absolute Gasteiger partial charge is 0.228 e. The van der Waals surface area contributed by atoms with Crippen molar-refractivity contribution in [3.05, 3.63) is 78.2 Å². The number of amides is 1. The van der Waals surface area contributed by atoms with Gasteiger partial charge in [-0.2, -0.15) is 14.7 Å². The molecule has 2 aliphatic rings. The Morgan fingerprint density at radius 3 is 2.88 bits per heavy atom. The fraction of sp³-hybridized carbons (Fsp3) is 0.208. The van der Waals surface area contributed by atoms with Crippen LogP contribution in [0.3, 0.4) is 0 Å². The van der Waals surface area contributed by atoms with Crippen molar-refractivity contribution in [1.29, 1.82) is 0 Å². The minimum absolute atomic E-state index is 0.0508. The molecule has 1 saturated carbocycles. The second kappa shape index (κ2) is 8.14. The molecule has 10 heteroatoms. The molecule has 0 atom stereocenters. The van der Waals surface area contributed by atoms with Gasteiger partial charge in [0.05, 0.1) is 18.3 Å². The predicted molar refractivity (Wildman–Crippen MR) is 128 cm³/mol. The number of carbonyl (C=O) groups excluding carboxylic acids is 1. The fourth-order valence-corrected chi connectivity index (χ4v) is 4.01. The van der Waals surface area contributed by atoms with E-state index < -0.39 is 0 Å². The van der Waals surface area contributed by atoms with Gasteiger partial charge in [-0.25, -0.2) is 14.6 Å². The number of benzene rings is 1. The van der Waals surface area contributed by atoms with E-state index in [1.807, 2.05) is 34.9 Å². The zero-order valence-electron chi connectivity index (χ0n) is 18.4. The number of nitrogens with zero attached hydrogens (tertiary/aromatic N) is 6. The van der Waals surface area contributed by atoms with Crippen molar-refractivity contribution < 1.29 is 4.79 Å². The number of fused-ring (bicyclic) bond motifs is 1. The molecule has 0 radical (unpaired) electrons. The Morgan fingerprint density at radius 2 is 2.12 bits per heavy atom. The van der Waals surface area contributed by atoms with Gasteiger partial charge in [-0.3, -0.25) is 4.79 Å². The van der Waals surface area contributed by atoms with Crippen LogP contribution >= 0.6 is 0 Å². The Balaban J connectivity index is 1.34. The van der Waals surface area contributed by atoms with Gasteiger partial charge in [-0.05, 0) is 36.1 Å². The lowest BCUT2D eigenvalue weighted by molar-refractivity contribution is -0.118. The van der Waals surface area contributed by atoms with Crippen LogP contribution in [0.2, 0.25) is 0 Å². The summed E-state index contributed by atoms with van der Waals surface area (Å²) in [5, 5.41) is 18.6. The van der Waals surface area contributed by atoms with Crippen LogP contribution in [0.15, 0.2) is 67.0 Å². The molecule has 1 aliphatic carbocycles. The monoisotopic (exact) mass is 453 g/mol. The molecular formula is C24H23N9O. The van der Waals surface area contributed by atoms with Crippen LogP contribution < -0.4 is 16.0 Å². The molecule has 170 valence electrons. The second-order valence-electron chi connectivity index (χ2n) is 8.48. The maximum Gasteiger partial charge on any atom is 0.228 e. The molecule has 0 spiro atoms. The summed E-state index contributed by atoms with van der Waals surface area (Å²) in [5.41, 5.74) is 5.03. The standard InChI is InChI=1S/C24H23N9O/c1-15-17(9-23(34)29-15)8-18-12-27-33-22(30-19-6-7-19)10-21(31-24(18)33)26-11-16-4-2-3-5-20(16)32-14-25-13-28-32/h2-5,8,10,12-14,19,30H,1,6-7,9,11H2,(H,26,31)(H,29,34)/b17-8+. The lowest BCUT2D eigenvalue weighted by atomic mass is 10.1. The summed E-state index contributed by atoms with van der Waals surface area (Å²) in [6.07, 6.45) is 9.50. The molecule has 34 heavy (non-hydrogen) atoms. The van der Waals surface area contributed by atoms with E-state index in [0.29, 0.717) is 30.4 Å². The quantitative estimate of drug-likeness (QED) is 0.394. The first kappa shape index (κ1) is 20.2. The number of allylic oxidation sites excluding steroid dienone is 1. The third kappa shape index (κ3) is 3.90. The van der Waals surface area contributed by atoms with E-state index in [1.165, 1.54) is 6.33 Å². The van der Waals surface area contributed by atoms with E-state index in [1.54, 1.807) is 17.2 Å². The van der Waals surface area contributed by atoms with E-state index in [9.17, 15) is 4.79 Å². The Labute approximate surface area is 195 Å². The van der Waals surface area contributed by atoms with Gasteiger partial charge < -0.3 is 16.0 Å². The number of carbonyl (C=O) groups is 1. The lowest BCUT2D eigenvalue weighted by Crippen LogP contribution is -2.11. The predicted octanol–water partition coefficient (Wildman–Crippen LogP) is 2.91. The fourth-order valence-electron chi connectivity index (χ4n) is 4.01. The van der Waals surface area contributed by atoms with Gasteiger partial charge in [0.15, 0.2) is 5.65 Å². The van der Waals surface area contributed by atoms with Crippen LogP contribution in [-0.2, 0) is 11.3 Å². The maximum absolute atomic E-state index is 11.7. The second-order valence-corrected chi connectivity index (χ2v) is 8.48. The third-order valence-corrected chi connectivity index (χ3v) is 5.90. The summed E-state index contributed by atoms with van der Waals surface area (Å²) >= 11 is 0. The number of hydrogen-bond donors (Lipinski definition) is 3. The zero-order chi connectivity index (χ0) is 23.1. The van der Waals surface area contributed by atoms with Gasteiger partial charge in [0, 0.05) is 29.9 Å². The van der Waals surface area contributed by atoms with Crippen LogP contribution in [0.4, 0.5) is 11.6 Å². The van der Waals surface area contributed by atoms with Crippen molar-refractivity contribution in [2.75, 3.05) is 10.6 Å². The first-order valence-corrected chi connectivity index (χ1v) is 11.2. The van der Waals surface area contributed by atoms with Crippen LogP contribution in [0, 0.1) is 0 Å². The molecule has 0 unspecified atom stereocenters. The Bertz CT molecular complexity index is 1430. The van der Waals surface area contributed by atoms with Crippen molar-refractivity contribution >= 4 is 29.3 Å². The SMILES string of the molecule is C=C1NC(=O)C/C1=C\c1cnn2c(NC3CC3)cc(NCc3ccccc3-n3cncn3)nc12. The molecule has 1 aliphatic heterocycles. The normalized spacial score (nSPS) is 16.9. The van der Waals surface area contributed by atoms with Crippen molar-refractivity contribution in [2.24, 2.45) is 0 Å². The van der Waals surface area contributed by atoms with Gasteiger partial charge in [0.25, 0.3) is 0 Å². The third-order valence-electron chi connectivity index (χ3n) is 5.90. The summed E-state index contributed by atoms with van der Waals surface area (Å²) in [6.45, 7) is 4.50. The van der Waals surface area contributed by atoms with Crippen molar-refractivity contribution in [3.8, 4) is 5.69 Å². The summed E-state index contributed by atoms with van der Waals surface area (Å²) in [5.74, 6) is 1.55. The van der Waals surface area contributed by atoms with Gasteiger partial charge in [0.2, 0.25) is 5.91 Å². The highest BCUT2D eigenvalue weighted by Crippen LogP contribution is 2.29. The van der Waals surface area contributed by atoms with E-state index in [-0.39, 0.29) is 5.91 Å². The van der Waals surface area contributed by atoms with Crippen LogP contribution in [0.5, 0.6) is 0 Å². The Hall–Kier alpha value is -4.47.